The van der Waals surface area contributed by atoms with Crippen molar-refractivity contribution in [3.05, 3.63) is 29.3 Å². The zero-order valence-corrected chi connectivity index (χ0v) is 12.5. The van der Waals surface area contributed by atoms with Gasteiger partial charge < -0.3 is 5.32 Å². The lowest BCUT2D eigenvalue weighted by Gasteiger charge is -2.30. The van der Waals surface area contributed by atoms with Gasteiger partial charge in [-0.15, -0.1) is 0 Å². The van der Waals surface area contributed by atoms with Gasteiger partial charge in [0.1, 0.15) is 0 Å². The first-order valence-corrected chi connectivity index (χ1v) is 8.03. The van der Waals surface area contributed by atoms with Gasteiger partial charge in [0.15, 0.2) is 0 Å². The highest BCUT2D eigenvalue weighted by Crippen LogP contribution is 2.35. The van der Waals surface area contributed by atoms with Crippen LogP contribution in [0.25, 0.3) is 0 Å². The second-order valence-electron chi connectivity index (χ2n) is 5.41. The van der Waals surface area contributed by atoms with Crippen molar-refractivity contribution in [1.29, 1.82) is 0 Å². The molecule has 1 aromatic carbocycles. The van der Waals surface area contributed by atoms with Crippen LogP contribution >= 0.6 is 0 Å². The van der Waals surface area contributed by atoms with E-state index >= 15 is 0 Å². The van der Waals surface area contributed by atoms with Crippen LogP contribution in [0.3, 0.4) is 0 Å². The van der Waals surface area contributed by atoms with E-state index in [1.54, 1.807) is 0 Å². The summed E-state index contributed by atoms with van der Waals surface area (Å²) in [5, 5.41) is 3.77. The van der Waals surface area contributed by atoms with E-state index in [1.807, 2.05) is 0 Å². The highest BCUT2D eigenvalue weighted by molar-refractivity contribution is 7.85. The molecule has 100 valence electrons. The summed E-state index contributed by atoms with van der Waals surface area (Å²) in [5.74, 6) is 0.519. The summed E-state index contributed by atoms with van der Waals surface area (Å²) in [6.07, 6.45) is 0.967. The molecule has 0 saturated heterocycles. The molecule has 1 N–H and O–H groups in total. The van der Waals surface area contributed by atoms with Crippen LogP contribution in [0.4, 0.5) is 0 Å². The van der Waals surface area contributed by atoms with Gasteiger partial charge in [0, 0.05) is 16.2 Å². The zero-order valence-electron chi connectivity index (χ0n) is 11.7. The van der Waals surface area contributed by atoms with Gasteiger partial charge >= 0.3 is 0 Å². The first-order valence-electron chi connectivity index (χ1n) is 6.82. The third kappa shape index (κ3) is 2.52. The van der Waals surface area contributed by atoms with Gasteiger partial charge in [0.25, 0.3) is 0 Å². The molecule has 1 heterocycles. The van der Waals surface area contributed by atoms with Crippen LogP contribution in [0.15, 0.2) is 23.1 Å². The number of benzene rings is 1. The van der Waals surface area contributed by atoms with E-state index in [1.165, 1.54) is 11.1 Å². The van der Waals surface area contributed by atoms with Gasteiger partial charge in [-0.1, -0.05) is 39.8 Å². The Morgan fingerprint density at radius 1 is 1.44 bits per heavy atom. The Hall–Kier alpha value is -0.670. The average molecular weight is 265 g/mol. The summed E-state index contributed by atoms with van der Waals surface area (Å²) in [7, 11) is -0.846. The summed E-state index contributed by atoms with van der Waals surface area (Å²) in [6.45, 7) is 9.57. The Bertz CT molecular complexity index is 456. The van der Waals surface area contributed by atoms with E-state index in [0.717, 1.165) is 17.9 Å². The molecule has 1 aliphatic heterocycles. The van der Waals surface area contributed by atoms with Gasteiger partial charge in [-0.25, -0.2) is 0 Å². The smallest absolute Gasteiger partial charge is 0.0562 e. The van der Waals surface area contributed by atoms with Crippen molar-refractivity contribution in [3.8, 4) is 0 Å². The molecule has 2 nitrogen and oxygen atoms in total. The Labute approximate surface area is 113 Å². The second kappa shape index (κ2) is 5.54. The van der Waals surface area contributed by atoms with Crippen molar-refractivity contribution in [3.63, 3.8) is 0 Å². The fourth-order valence-electron chi connectivity index (χ4n) is 2.58. The highest BCUT2D eigenvalue weighted by atomic mass is 32.2. The first-order chi connectivity index (χ1) is 8.54. The van der Waals surface area contributed by atoms with Crippen molar-refractivity contribution in [2.75, 3.05) is 6.54 Å². The molecule has 3 atom stereocenters. The van der Waals surface area contributed by atoms with Crippen LogP contribution in [0.2, 0.25) is 0 Å². The molecule has 1 aromatic rings. The largest absolute Gasteiger partial charge is 0.310 e. The third-order valence-electron chi connectivity index (χ3n) is 3.68. The second-order valence-corrected chi connectivity index (χ2v) is 7.25. The lowest BCUT2D eigenvalue weighted by atomic mass is 9.95. The van der Waals surface area contributed by atoms with Crippen LogP contribution in [0, 0.1) is 0 Å². The van der Waals surface area contributed by atoms with Crippen molar-refractivity contribution in [2.24, 2.45) is 0 Å². The first kappa shape index (κ1) is 13.8. The maximum absolute atomic E-state index is 12.3. The van der Waals surface area contributed by atoms with E-state index in [-0.39, 0.29) is 5.25 Å². The van der Waals surface area contributed by atoms with Crippen LogP contribution in [-0.2, 0) is 10.8 Å². The van der Waals surface area contributed by atoms with Crippen molar-refractivity contribution < 1.29 is 4.21 Å². The maximum atomic E-state index is 12.3. The summed E-state index contributed by atoms with van der Waals surface area (Å²) in [6, 6.07) is 6.80. The molecule has 0 saturated carbocycles. The molecule has 18 heavy (non-hydrogen) atoms. The summed E-state index contributed by atoms with van der Waals surface area (Å²) >= 11 is 0. The highest BCUT2D eigenvalue weighted by Gasteiger charge is 2.29. The molecule has 2 rings (SSSR count). The van der Waals surface area contributed by atoms with Gasteiger partial charge in [0.05, 0.1) is 10.8 Å². The standard InChI is InChI=1S/C15H23NOS/c1-5-16-14-8-11(4)18(17)15-7-6-12(10(2)3)9-13(14)15/h6-7,9-11,14,16H,5,8H2,1-4H3. The number of fused-ring (bicyclic) bond motifs is 1. The van der Waals surface area contributed by atoms with Crippen LogP contribution < -0.4 is 5.32 Å². The lowest BCUT2D eigenvalue weighted by Crippen LogP contribution is -2.31. The number of rotatable bonds is 3. The number of hydrogen-bond acceptors (Lipinski definition) is 2. The summed E-state index contributed by atoms with van der Waals surface area (Å²) < 4.78 is 12.3. The predicted molar refractivity (Wildman–Crippen MR) is 77.4 cm³/mol. The molecule has 1 aliphatic rings. The quantitative estimate of drug-likeness (QED) is 0.908. The normalized spacial score (nSPS) is 27.3. The third-order valence-corrected chi connectivity index (χ3v) is 5.40. The molecule has 3 heteroatoms. The molecule has 3 unspecified atom stereocenters. The predicted octanol–water partition coefficient (Wildman–Crippen LogP) is 3.36. The van der Waals surface area contributed by atoms with Crippen molar-refractivity contribution in [1.82, 2.24) is 5.32 Å². The Morgan fingerprint density at radius 3 is 2.78 bits per heavy atom. The van der Waals surface area contributed by atoms with E-state index in [0.29, 0.717) is 12.0 Å². The van der Waals surface area contributed by atoms with E-state index in [9.17, 15) is 4.21 Å². The van der Waals surface area contributed by atoms with Gasteiger partial charge in [-0.3, -0.25) is 4.21 Å². The van der Waals surface area contributed by atoms with Gasteiger partial charge in [0.2, 0.25) is 0 Å². The Morgan fingerprint density at radius 2 is 2.17 bits per heavy atom. The van der Waals surface area contributed by atoms with Gasteiger partial charge in [-0.05, 0) is 36.1 Å². The molecule has 0 bridgehead atoms. The maximum Gasteiger partial charge on any atom is 0.0562 e. The van der Waals surface area contributed by atoms with Crippen molar-refractivity contribution in [2.45, 2.75) is 56.2 Å². The van der Waals surface area contributed by atoms with Crippen LogP contribution in [0.1, 0.15) is 57.2 Å². The molecule has 0 spiro atoms. The topological polar surface area (TPSA) is 29.1 Å². The lowest BCUT2D eigenvalue weighted by molar-refractivity contribution is 0.490. The molecule has 0 aromatic heterocycles. The average Bonchev–Trinajstić information content (AvgIpc) is 2.35. The number of nitrogens with one attached hydrogen (secondary N) is 1. The van der Waals surface area contributed by atoms with Gasteiger partial charge in [-0.2, -0.15) is 0 Å². The minimum Gasteiger partial charge on any atom is -0.310 e. The van der Waals surface area contributed by atoms with Crippen LogP contribution in [0.5, 0.6) is 0 Å². The number of hydrogen-bond donors (Lipinski definition) is 1. The van der Waals surface area contributed by atoms with E-state index < -0.39 is 10.8 Å². The Balaban J connectivity index is 2.46. The fourth-order valence-corrected chi connectivity index (χ4v) is 4.02. The molecular weight excluding hydrogens is 242 g/mol. The zero-order chi connectivity index (χ0) is 13.3. The SMILES string of the molecule is CCNC1CC(C)S(=O)c2ccc(C(C)C)cc21. The molecule has 0 amide bonds. The van der Waals surface area contributed by atoms with E-state index in [2.05, 4.69) is 51.2 Å². The molecule has 0 aliphatic carbocycles. The fraction of sp³-hybridized carbons (Fsp3) is 0.600. The molecule has 0 fully saturated rings. The minimum atomic E-state index is -0.846. The summed E-state index contributed by atoms with van der Waals surface area (Å²) in [4.78, 5) is 1.03. The van der Waals surface area contributed by atoms with Crippen molar-refractivity contribution >= 4 is 10.8 Å². The monoisotopic (exact) mass is 265 g/mol. The Kier molecular flexibility index (Phi) is 4.23. The van der Waals surface area contributed by atoms with Crippen LogP contribution in [-0.4, -0.2) is 16.0 Å². The summed E-state index contributed by atoms with van der Waals surface area (Å²) in [5.41, 5.74) is 2.59. The molecule has 0 radical (unpaired) electrons. The van der Waals surface area contributed by atoms with E-state index in [4.69, 9.17) is 0 Å². The minimum absolute atomic E-state index is 0.242. The molecular formula is C15H23NOS.